The first-order chi connectivity index (χ1) is 13.5. The maximum atomic E-state index is 12.7. The molecule has 1 saturated heterocycles. The highest BCUT2D eigenvalue weighted by Gasteiger charge is 2.31. The zero-order valence-corrected chi connectivity index (χ0v) is 17.2. The van der Waals surface area contributed by atoms with Crippen LogP contribution in [0.15, 0.2) is 30.3 Å². The summed E-state index contributed by atoms with van der Waals surface area (Å²) in [6.07, 6.45) is 5.06. The van der Waals surface area contributed by atoms with Crippen LogP contribution in [0.5, 0.6) is 0 Å². The van der Waals surface area contributed by atoms with Crippen molar-refractivity contribution in [2.45, 2.75) is 52.0 Å². The number of fused-ring (bicyclic) bond motifs is 1. The largest absolute Gasteiger partial charge is 0.356 e. The fraction of sp³-hybridized carbons (Fsp3) is 0.522. The predicted octanol–water partition coefficient (Wildman–Crippen LogP) is 3.72. The molecule has 5 heteroatoms. The minimum Gasteiger partial charge on any atom is -0.356 e. The Morgan fingerprint density at radius 1 is 1.11 bits per heavy atom. The Hall–Kier alpha value is -2.43. The molecule has 2 heterocycles. The summed E-state index contributed by atoms with van der Waals surface area (Å²) in [6.45, 7) is 5.92. The fourth-order valence-corrected chi connectivity index (χ4v) is 4.27. The van der Waals surface area contributed by atoms with Crippen LogP contribution in [0.25, 0.3) is 11.4 Å². The van der Waals surface area contributed by atoms with Crippen LogP contribution in [0, 0.1) is 5.92 Å². The molecule has 2 aromatic rings. The van der Waals surface area contributed by atoms with Crippen LogP contribution in [0.2, 0.25) is 0 Å². The summed E-state index contributed by atoms with van der Waals surface area (Å²) in [5, 5.41) is 0. The summed E-state index contributed by atoms with van der Waals surface area (Å²) < 4.78 is 0. The van der Waals surface area contributed by atoms with Gasteiger partial charge in [0.2, 0.25) is 5.91 Å². The van der Waals surface area contributed by atoms with Gasteiger partial charge in [-0.15, -0.1) is 0 Å². The molecule has 1 amide bonds. The predicted molar refractivity (Wildman–Crippen MR) is 112 cm³/mol. The molecule has 0 radical (unpaired) electrons. The Bertz CT molecular complexity index is 841. The van der Waals surface area contributed by atoms with Crippen molar-refractivity contribution in [3.8, 4) is 11.4 Å². The SMILES string of the molecule is CC(C)N(C)C(=O)C1CCN(c2nc(-c3ccccc3)nc3c2CCC3)CC1. The highest BCUT2D eigenvalue weighted by Crippen LogP contribution is 2.33. The molecule has 0 saturated carbocycles. The number of benzene rings is 1. The molecule has 1 aliphatic carbocycles. The van der Waals surface area contributed by atoms with Gasteiger partial charge in [-0.25, -0.2) is 9.97 Å². The zero-order chi connectivity index (χ0) is 19.7. The van der Waals surface area contributed by atoms with Gasteiger partial charge in [0.1, 0.15) is 5.82 Å². The van der Waals surface area contributed by atoms with E-state index in [9.17, 15) is 4.79 Å². The highest BCUT2D eigenvalue weighted by molar-refractivity contribution is 5.79. The minimum atomic E-state index is 0.132. The van der Waals surface area contributed by atoms with Gasteiger partial charge in [-0.1, -0.05) is 30.3 Å². The zero-order valence-electron chi connectivity index (χ0n) is 17.2. The maximum absolute atomic E-state index is 12.7. The van der Waals surface area contributed by atoms with Crippen LogP contribution < -0.4 is 4.90 Å². The van der Waals surface area contributed by atoms with E-state index in [1.54, 1.807) is 0 Å². The average Bonchev–Trinajstić information content (AvgIpc) is 3.21. The first kappa shape index (κ1) is 18.9. The molecule has 4 rings (SSSR count). The second-order valence-electron chi connectivity index (χ2n) is 8.32. The van der Waals surface area contributed by atoms with E-state index < -0.39 is 0 Å². The lowest BCUT2D eigenvalue weighted by Gasteiger charge is -2.35. The first-order valence-corrected chi connectivity index (χ1v) is 10.5. The lowest BCUT2D eigenvalue weighted by Crippen LogP contribution is -2.43. The van der Waals surface area contributed by atoms with E-state index >= 15 is 0 Å². The smallest absolute Gasteiger partial charge is 0.225 e. The van der Waals surface area contributed by atoms with E-state index in [1.807, 2.05) is 30.1 Å². The molecule has 1 fully saturated rings. The number of nitrogens with zero attached hydrogens (tertiary/aromatic N) is 4. The molecule has 0 bridgehead atoms. The van der Waals surface area contributed by atoms with Gasteiger partial charge in [-0.05, 0) is 46.0 Å². The molecule has 148 valence electrons. The number of aryl methyl sites for hydroxylation is 1. The summed E-state index contributed by atoms with van der Waals surface area (Å²) in [4.78, 5) is 26.8. The van der Waals surface area contributed by atoms with Crippen LogP contribution in [-0.2, 0) is 17.6 Å². The molecule has 28 heavy (non-hydrogen) atoms. The van der Waals surface area contributed by atoms with Crippen molar-refractivity contribution in [3.05, 3.63) is 41.6 Å². The third-order valence-corrected chi connectivity index (χ3v) is 6.21. The number of piperidine rings is 1. The first-order valence-electron chi connectivity index (χ1n) is 10.5. The summed E-state index contributed by atoms with van der Waals surface area (Å²) in [7, 11) is 1.92. The highest BCUT2D eigenvalue weighted by atomic mass is 16.2. The van der Waals surface area contributed by atoms with Crippen molar-refractivity contribution in [1.82, 2.24) is 14.9 Å². The molecular formula is C23H30N4O. The van der Waals surface area contributed by atoms with Crippen molar-refractivity contribution in [2.24, 2.45) is 5.92 Å². The van der Waals surface area contributed by atoms with Gasteiger partial charge in [0.05, 0.1) is 0 Å². The Morgan fingerprint density at radius 3 is 2.50 bits per heavy atom. The average molecular weight is 379 g/mol. The van der Waals surface area contributed by atoms with Crippen molar-refractivity contribution in [2.75, 3.05) is 25.0 Å². The molecule has 1 aromatic heterocycles. The Labute approximate surface area is 167 Å². The summed E-state index contributed by atoms with van der Waals surface area (Å²) in [6, 6.07) is 10.5. The fourth-order valence-electron chi connectivity index (χ4n) is 4.27. The van der Waals surface area contributed by atoms with Gasteiger partial charge in [0.15, 0.2) is 5.82 Å². The third kappa shape index (κ3) is 3.62. The van der Waals surface area contributed by atoms with E-state index in [1.165, 1.54) is 11.3 Å². The van der Waals surface area contributed by atoms with Gasteiger partial charge < -0.3 is 9.80 Å². The second-order valence-corrected chi connectivity index (χ2v) is 8.32. The maximum Gasteiger partial charge on any atom is 0.225 e. The number of rotatable bonds is 4. The number of anilines is 1. The molecule has 0 N–H and O–H groups in total. The standard InChI is InChI=1S/C23H30N4O/c1-16(2)26(3)23(28)18-12-14-27(15-13-18)22-19-10-7-11-20(19)24-21(25-22)17-8-5-4-6-9-17/h4-6,8-9,16,18H,7,10-15H2,1-3H3. The van der Waals surface area contributed by atoms with Crippen LogP contribution in [0.3, 0.4) is 0 Å². The Kier molecular flexibility index (Phi) is 5.33. The number of hydrogen-bond donors (Lipinski definition) is 0. The number of aromatic nitrogens is 2. The molecule has 1 aliphatic heterocycles. The van der Waals surface area contributed by atoms with Crippen LogP contribution >= 0.6 is 0 Å². The van der Waals surface area contributed by atoms with Crippen LogP contribution in [0.1, 0.15) is 44.4 Å². The lowest BCUT2D eigenvalue weighted by atomic mass is 9.94. The molecule has 5 nitrogen and oxygen atoms in total. The van der Waals surface area contributed by atoms with Crippen molar-refractivity contribution in [3.63, 3.8) is 0 Å². The molecule has 0 atom stereocenters. The van der Waals surface area contributed by atoms with E-state index in [0.29, 0.717) is 0 Å². The summed E-state index contributed by atoms with van der Waals surface area (Å²) in [5.41, 5.74) is 3.60. The second kappa shape index (κ2) is 7.90. The number of amides is 1. The molecule has 1 aromatic carbocycles. The van der Waals surface area contributed by atoms with Gasteiger partial charge in [0, 0.05) is 48.9 Å². The molecule has 0 spiro atoms. The van der Waals surface area contributed by atoms with Crippen LogP contribution in [0.4, 0.5) is 5.82 Å². The monoisotopic (exact) mass is 378 g/mol. The number of carbonyl (C=O) groups is 1. The number of carbonyl (C=O) groups excluding carboxylic acids is 1. The molecule has 2 aliphatic rings. The van der Waals surface area contributed by atoms with Gasteiger partial charge >= 0.3 is 0 Å². The van der Waals surface area contributed by atoms with Gasteiger partial charge in [0.25, 0.3) is 0 Å². The van der Waals surface area contributed by atoms with Gasteiger partial charge in [-0.2, -0.15) is 0 Å². The molecule has 0 unspecified atom stereocenters. The topological polar surface area (TPSA) is 49.3 Å². The van der Waals surface area contributed by atoms with E-state index in [0.717, 1.165) is 62.4 Å². The van der Waals surface area contributed by atoms with E-state index in [2.05, 4.69) is 30.9 Å². The summed E-state index contributed by atoms with van der Waals surface area (Å²) >= 11 is 0. The van der Waals surface area contributed by atoms with Gasteiger partial charge in [-0.3, -0.25) is 4.79 Å². The van der Waals surface area contributed by atoms with E-state index in [4.69, 9.17) is 9.97 Å². The van der Waals surface area contributed by atoms with Crippen molar-refractivity contribution in [1.29, 1.82) is 0 Å². The van der Waals surface area contributed by atoms with Crippen molar-refractivity contribution >= 4 is 11.7 Å². The van der Waals surface area contributed by atoms with E-state index in [-0.39, 0.29) is 17.9 Å². The van der Waals surface area contributed by atoms with Crippen LogP contribution in [-0.4, -0.2) is 47.0 Å². The Balaban J connectivity index is 1.55. The quantitative estimate of drug-likeness (QED) is 0.814. The number of hydrogen-bond acceptors (Lipinski definition) is 4. The lowest BCUT2D eigenvalue weighted by molar-refractivity contribution is -0.136. The normalized spacial score (nSPS) is 17.1. The summed E-state index contributed by atoms with van der Waals surface area (Å²) in [5.74, 6) is 2.35. The Morgan fingerprint density at radius 2 is 1.82 bits per heavy atom. The third-order valence-electron chi connectivity index (χ3n) is 6.21. The van der Waals surface area contributed by atoms with Crippen molar-refractivity contribution < 1.29 is 4.79 Å². The molecular weight excluding hydrogens is 348 g/mol. The minimum absolute atomic E-state index is 0.132.